The number of likely N-dealkylation sites (N-methyl/N-ethyl adjacent to an activating group) is 1. The topological polar surface area (TPSA) is 81.1 Å². The number of carboxylic acid groups (broad SMARTS) is 1. The Morgan fingerprint density at radius 2 is 1.63 bits per heavy atom. The lowest BCUT2D eigenvalue weighted by atomic mass is 10.1. The van der Waals surface area contributed by atoms with Crippen LogP contribution in [-0.4, -0.2) is 63.8 Å². The molecule has 0 heterocycles. The van der Waals surface area contributed by atoms with Crippen molar-refractivity contribution in [3.05, 3.63) is 0 Å². The highest BCUT2D eigenvalue weighted by atomic mass is 16.4. The highest BCUT2D eigenvalue weighted by molar-refractivity contribution is 5.76. The Labute approximate surface area is 115 Å². The van der Waals surface area contributed by atoms with Gasteiger partial charge in [-0.05, 0) is 27.7 Å². The van der Waals surface area contributed by atoms with Crippen molar-refractivity contribution in [1.82, 2.24) is 9.80 Å². The SMILES string of the molecule is CCN(CC(C)C(=O)O)C(=O)N(CC)CC(C)(C)O. The maximum Gasteiger partial charge on any atom is 0.320 e. The van der Waals surface area contributed by atoms with Gasteiger partial charge in [-0.15, -0.1) is 0 Å². The molecule has 112 valence electrons. The van der Waals surface area contributed by atoms with Crippen LogP contribution in [0.5, 0.6) is 0 Å². The lowest BCUT2D eigenvalue weighted by Gasteiger charge is -2.33. The summed E-state index contributed by atoms with van der Waals surface area (Å²) in [5.74, 6) is -1.53. The predicted octanol–water partition coefficient (Wildman–Crippen LogP) is 1.24. The normalized spacial score (nSPS) is 12.9. The van der Waals surface area contributed by atoms with Gasteiger partial charge in [-0.25, -0.2) is 4.79 Å². The molecule has 0 saturated carbocycles. The third-order valence-electron chi connectivity index (χ3n) is 2.80. The van der Waals surface area contributed by atoms with Crippen molar-refractivity contribution in [3.63, 3.8) is 0 Å². The molecular weight excluding hydrogens is 248 g/mol. The second kappa shape index (κ2) is 7.33. The molecule has 0 aliphatic carbocycles. The van der Waals surface area contributed by atoms with E-state index in [4.69, 9.17) is 5.11 Å². The van der Waals surface area contributed by atoms with Crippen LogP contribution >= 0.6 is 0 Å². The van der Waals surface area contributed by atoms with E-state index in [1.54, 1.807) is 20.8 Å². The summed E-state index contributed by atoms with van der Waals surface area (Å²) in [6, 6.07) is -0.236. The van der Waals surface area contributed by atoms with Gasteiger partial charge in [0.1, 0.15) is 0 Å². The molecule has 0 aromatic carbocycles. The van der Waals surface area contributed by atoms with E-state index in [-0.39, 0.29) is 19.1 Å². The fraction of sp³-hybridized carbons (Fsp3) is 0.846. The molecule has 0 rings (SSSR count). The first-order valence-corrected chi connectivity index (χ1v) is 6.61. The Balaban J connectivity index is 4.75. The Morgan fingerprint density at radius 1 is 1.16 bits per heavy atom. The van der Waals surface area contributed by atoms with Crippen LogP contribution in [0.25, 0.3) is 0 Å². The summed E-state index contributed by atoms with van der Waals surface area (Å²) >= 11 is 0. The third kappa shape index (κ3) is 6.42. The molecule has 0 fully saturated rings. The number of nitrogens with zero attached hydrogens (tertiary/aromatic N) is 2. The number of amides is 2. The van der Waals surface area contributed by atoms with Crippen LogP contribution in [0.2, 0.25) is 0 Å². The first-order valence-electron chi connectivity index (χ1n) is 6.61. The molecule has 0 aliphatic rings. The summed E-state index contributed by atoms with van der Waals surface area (Å²) in [5, 5.41) is 18.7. The monoisotopic (exact) mass is 274 g/mol. The fourth-order valence-corrected chi connectivity index (χ4v) is 1.73. The minimum Gasteiger partial charge on any atom is -0.481 e. The predicted molar refractivity (Wildman–Crippen MR) is 73.0 cm³/mol. The number of urea groups is 1. The van der Waals surface area contributed by atoms with E-state index in [0.717, 1.165) is 0 Å². The van der Waals surface area contributed by atoms with E-state index < -0.39 is 17.5 Å². The molecular formula is C13H26N2O4. The summed E-state index contributed by atoms with van der Waals surface area (Å²) in [5.41, 5.74) is -0.969. The van der Waals surface area contributed by atoms with Crippen molar-refractivity contribution >= 4 is 12.0 Å². The van der Waals surface area contributed by atoms with Gasteiger partial charge in [0.05, 0.1) is 18.1 Å². The molecule has 0 aromatic rings. The van der Waals surface area contributed by atoms with Crippen LogP contribution in [0.3, 0.4) is 0 Å². The van der Waals surface area contributed by atoms with Crippen molar-refractivity contribution in [2.75, 3.05) is 26.2 Å². The molecule has 6 nitrogen and oxygen atoms in total. The lowest BCUT2D eigenvalue weighted by molar-refractivity contribution is -0.141. The van der Waals surface area contributed by atoms with Crippen molar-refractivity contribution in [3.8, 4) is 0 Å². The van der Waals surface area contributed by atoms with Crippen LogP contribution in [0.15, 0.2) is 0 Å². The fourth-order valence-electron chi connectivity index (χ4n) is 1.73. The molecule has 0 spiro atoms. The molecule has 2 amide bonds. The molecule has 6 heteroatoms. The van der Waals surface area contributed by atoms with Gasteiger partial charge in [-0.3, -0.25) is 4.79 Å². The first-order chi connectivity index (χ1) is 8.62. The molecule has 0 saturated heterocycles. The molecule has 0 aliphatic heterocycles. The third-order valence-corrected chi connectivity index (χ3v) is 2.80. The number of hydrogen-bond acceptors (Lipinski definition) is 3. The van der Waals surface area contributed by atoms with Gasteiger partial charge in [0.15, 0.2) is 0 Å². The van der Waals surface area contributed by atoms with Gasteiger partial charge in [0, 0.05) is 19.6 Å². The van der Waals surface area contributed by atoms with Crippen LogP contribution in [0.4, 0.5) is 4.79 Å². The van der Waals surface area contributed by atoms with Gasteiger partial charge in [0.2, 0.25) is 0 Å². The molecule has 0 aromatic heterocycles. The molecule has 0 radical (unpaired) electrons. The number of carbonyl (C=O) groups excluding carboxylic acids is 1. The Kier molecular flexibility index (Phi) is 6.83. The summed E-state index contributed by atoms with van der Waals surface area (Å²) in [7, 11) is 0. The van der Waals surface area contributed by atoms with Gasteiger partial charge in [-0.1, -0.05) is 6.92 Å². The van der Waals surface area contributed by atoms with Crippen molar-refractivity contribution in [2.45, 2.75) is 40.2 Å². The molecule has 2 N–H and O–H groups in total. The number of hydrogen-bond donors (Lipinski definition) is 2. The second-order valence-corrected chi connectivity index (χ2v) is 5.39. The highest BCUT2D eigenvalue weighted by Gasteiger charge is 2.26. The van der Waals surface area contributed by atoms with Gasteiger partial charge in [0.25, 0.3) is 0 Å². The smallest absolute Gasteiger partial charge is 0.320 e. The van der Waals surface area contributed by atoms with Gasteiger partial charge < -0.3 is 20.0 Å². The van der Waals surface area contributed by atoms with Crippen LogP contribution in [0, 0.1) is 5.92 Å². The minimum atomic E-state index is -0.969. The number of rotatable bonds is 7. The van der Waals surface area contributed by atoms with Crippen molar-refractivity contribution in [1.29, 1.82) is 0 Å². The average molecular weight is 274 g/mol. The lowest BCUT2D eigenvalue weighted by Crippen LogP contribution is -2.49. The zero-order valence-corrected chi connectivity index (χ0v) is 12.5. The average Bonchev–Trinajstić information content (AvgIpc) is 2.30. The van der Waals surface area contributed by atoms with E-state index in [0.29, 0.717) is 13.1 Å². The standard InChI is InChI=1S/C13H26N2O4/c1-6-14(8-10(3)11(16)17)12(18)15(7-2)9-13(4,5)19/h10,19H,6-9H2,1-5H3,(H,16,17). The number of aliphatic hydroxyl groups is 1. The molecule has 19 heavy (non-hydrogen) atoms. The van der Waals surface area contributed by atoms with Gasteiger partial charge >= 0.3 is 12.0 Å². The van der Waals surface area contributed by atoms with Crippen LogP contribution < -0.4 is 0 Å². The molecule has 0 bridgehead atoms. The maximum atomic E-state index is 12.3. The number of aliphatic carboxylic acids is 1. The van der Waals surface area contributed by atoms with E-state index in [1.807, 2.05) is 13.8 Å². The highest BCUT2D eigenvalue weighted by Crippen LogP contribution is 2.09. The molecule has 1 unspecified atom stereocenters. The van der Waals surface area contributed by atoms with E-state index in [2.05, 4.69) is 0 Å². The van der Waals surface area contributed by atoms with Crippen molar-refractivity contribution < 1.29 is 19.8 Å². The largest absolute Gasteiger partial charge is 0.481 e. The summed E-state index contributed by atoms with van der Waals surface area (Å²) < 4.78 is 0. The Hall–Kier alpha value is -1.30. The Bertz CT molecular complexity index is 312. The minimum absolute atomic E-state index is 0.174. The molecule has 1 atom stereocenters. The number of carboxylic acids is 1. The Morgan fingerprint density at radius 3 is 1.95 bits per heavy atom. The van der Waals surface area contributed by atoms with Crippen molar-refractivity contribution in [2.24, 2.45) is 5.92 Å². The second-order valence-electron chi connectivity index (χ2n) is 5.39. The van der Waals surface area contributed by atoms with Crippen LogP contribution in [-0.2, 0) is 4.79 Å². The number of carbonyl (C=O) groups is 2. The quantitative estimate of drug-likeness (QED) is 0.732. The maximum absolute atomic E-state index is 12.3. The summed E-state index contributed by atoms with van der Waals surface area (Å²) in [4.78, 5) is 26.2. The van der Waals surface area contributed by atoms with Gasteiger partial charge in [-0.2, -0.15) is 0 Å². The zero-order valence-electron chi connectivity index (χ0n) is 12.5. The van der Waals surface area contributed by atoms with E-state index in [9.17, 15) is 14.7 Å². The van der Waals surface area contributed by atoms with Crippen LogP contribution in [0.1, 0.15) is 34.6 Å². The zero-order chi connectivity index (χ0) is 15.2. The van der Waals surface area contributed by atoms with E-state index in [1.165, 1.54) is 9.80 Å². The summed E-state index contributed by atoms with van der Waals surface area (Å²) in [6.45, 7) is 9.80. The first kappa shape index (κ1) is 17.7. The summed E-state index contributed by atoms with van der Waals surface area (Å²) in [6.07, 6.45) is 0. The van der Waals surface area contributed by atoms with E-state index >= 15 is 0 Å².